The molecule has 2 aromatic heterocycles. The Labute approximate surface area is 175 Å². The monoisotopic (exact) mass is 409 g/mol. The molecule has 8 heteroatoms. The molecule has 0 saturated carbocycles. The van der Waals surface area contributed by atoms with E-state index in [4.69, 9.17) is 4.74 Å². The lowest BCUT2D eigenvalue weighted by molar-refractivity contribution is 0.0605. The van der Waals surface area contributed by atoms with Crippen molar-refractivity contribution in [2.75, 3.05) is 18.5 Å². The first-order valence-electron chi connectivity index (χ1n) is 10.3. The molecule has 1 saturated heterocycles. The van der Waals surface area contributed by atoms with Crippen molar-refractivity contribution in [2.45, 2.75) is 39.0 Å². The lowest BCUT2D eigenvalue weighted by atomic mass is 10.0. The molecule has 0 aliphatic carbocycles. The topological polar surface area (TPSA) is 101 Å². The van der Waals surface area contributed by atoms with Gasteiger partial charge in [-0.15, -0.1) is 0 Å². The average molecular weight is 409 g/mol. The third-order valence-electron chi connectivity index (χ3n) is 5.50. The van der Waals surface area contributed by atoms with E-state index in [9.17, 15) is 9.90 Å². The Morgan fingerprint density at radius 3 is 2.80 bits per heavy atom. The molecule has 1 aliphatic heterocycles. The molecule has 1 unspecified atom stereocenters. The maximum Gasteiger partial charge on any atom is 0.320 e. The van der Waals surface area contributed by atoms with Gasteiger partial charge in [0.05, 0.1) is 30.1 Å². The lowest BCUT2D eigenvalue weighted by Gasteiger charge is -2.22. The molecule has 0 radical (unpaired) electrons. The number of anilines is 1. The van der Waals surface area contributed by atoms with Gasteiger partial charge in [-0.25, -0.2) is 9.78 Å². The van der Waals surface area contributed by atoms with Gasteiger partial charge in [-0.3, -0.25) is 10.00 Å². The van der Waals surface area contributed by atoms with Crippen LogP contribution in [0.25, 0.3) is 10.9 Å². The van der Waals surface area contributed by atoms with E-state index in [2.05, 4.69) is 20.7 Å². The van der Waals surface area contributed by atoms with Gasteiger partial charge in [-0.1, -0.05) is 30.3 Å². The minimum atomic E-state index is -0.350. The molecule has 158 valence electrons. The summed E-state index contributed by atoms with van der Waals surface area (Å²) >= 11 is 0. The highest BCUT2D eigenvalue weighted by atomic mass is 16.5. The third-order valence-corrected chi connectivity index (χ3v) is 5.50. The molecule has 3 aromatic rings. The van der Waals surface area contributed by atoms with Crippen molar-refractivity contribution < 1.29 is 14.6 Å². The van der Waals surface area contributed by atoms with Crippen molar-refractivity contribution in [3.05, 3.63) is 53.9 Å². The lowest BCUT2D eigenvalue weighted by Crippen LogP contribution is -2.31. The number of hydrogen-bond donors (Lipinski definition) is 3. The van der Waals surface area contributed by atoms with Crippen LogP contribution in [-0.4, -0.2) is 39.1 Å². The summed E-state index contributed by atoms with van der Waals surface area (Å²) in [5.41, 5.74) is 2.33. The SMILES string of the molecule is CC(NC(=O)Nc1cc2cnn(CC3CCOCC3)c2c(CO)n1)c1ccccc1. The summed E-state index contributed by atoms with van der Waals surface area (Å²) in [5.74, 6) is 0.881. The molecular weight excluding hydrogens is 382 g/mol. The number of pyridine rings is 1. The number of aliphatic hydroxyl groups excluding tert-OH is 1. The van der Waals surface area contributed by atoms with Gasteiger partial charge in [0.15, 0.2) is 0 Å². The van der Waals surface area contributed by atoms with Crippen molar-refractivity contribution in [2.24, 2.45) is 5.92 Å². The number of benzene rings is 1. The quantitative estimate of drug-likeness (QED) is 0.580. The maximum absolute atomic E-state index is 12.4. The van der Waals surface area contributed by atoms with Crippen LogP contribution in [-0.2, 0) is 17.9 Å². The number of carbonyl (C=O) groups is 1. The molecule has 3 N–H and O–H groups in total. The largest absolute Gasteiger partial charge is 0.390 e. The van der Waals surface area contributed by atoms with Crippen LogP contribution < -0.4 is 10.6 Å². The molecule has 1 fully saturated rings. The predicted molar refractivity (Wildman–Crippen MR) is 114 cm³/mol. The summed E-state index contributed by atoms with van der Waals surface area (Å²) in [4.78, 5) is 16.9. The molecule has 0 spiro atoms. The smallest absolute Gasteiger partial charge is 0.320 e. The van der Waals surface area contributed by atoms with E-state index in [1.165, 1.54) is 0 Å². The first-order chi connectivity index (χ1) is 14.6. The fourth-order valence-electron chi connectivity index (χ4n) is 3.86. The van der Waals surface area contributed by atoms with Crippen molar-refractivity contribution in [3.8, 4) is 0 Å². The summed E-state index contributed by atoms with van der Waals surface area (Å²) in [5, 5.41) is 20.9. The van der Waals surface area contributed by atoms with Crippen LogP contribution in [0.4, 0.5) is 10.6 Å². The summed E-state index contributed by atoms with van der Waals surface area (Å²) in [7, 11) is 0. The summed E-state index contributed by atoms with van der Waals surface area (Å²) in [6.45, 7) is 4.01. The maximum atomic E-state index is 12.4. The Morgan fingerprint density at radius 1 is 1.30 bits per heavy atom. The fourth-order valence-corrected chi connectivity index (χ4v) is 3.86. The molecule has 1 aromatic carbocycles. The van der Waals surface area contributed by atoms with E-state index < -0.39 is 0 Å². The highest BCUT2D eigenvalue weighted by molar-refractivity contribution is 5.92. The average Bonchev–Trinajstić information content (AvgIpc) is 3.17. The van der Waals surface area contributed by atoms with Crippen LogP contribution in [0.5, 0.6) is 0 Å². The normalized spacial score (nSPS) is 15.8. The Morgan fingerprint density at radius 2 is 2.07 bits per heavy atom. The second-order valence-electron chi connectivity index (χ2n) is 7.66. The number of hydrogen-bond acceptors (Lipinski definition) is 5. The van der Waals surface area contributed by atoms with Gasteiger partial charge >= 0.3 is 6.03 Å². The van der Waals surface area contributed by atoms with Gasteiger partial charge in [0, 0.05) is 25.1 Å². The molecule has 4 rings (SSSR count). The van der Waals surface area contributed by atoms with Crippen LogP contribution in [0.3, 0.4) is 0 Å². The van der Waals surface area contributed by atoms with Crippen molar-refractivity contribution in [1.82, 2.24) is 20.1 Å². The van der Waals surface area contributed by atoms with Gasteiger partial charge in [0.25, 0.3) is 0 Å². The van der Waals surface area contributed by atoms with E-state index in [0.717, 1.165) is 49.1 Å². The minimum absolute atomic E-state index is 0.144. The minimum Gasteiger partial charge on any atom is -0.390 e. The molecule has 30 heavy (non-hydrogen) atoms. The Balaban J connectivity index is 1.49. The molecule has 1 atom stereocenters. The number of amides is 2. The van der Waals surface area contributed by atoms with E-state index in [1.54, 1.807) is 12.3 Å². The number of nitrogens with one attached hydrogen (secondary N) is 2. The number of rotatable bonds is 6. The van der Waals surface area contributed by atoms with Gasteiger partial charge in [0.2, 0.25) is 0 Å². The van der Waals surface area contributed by atoms with Crippen LogP contribution in [0.15, 0.2) is 42.6 Å². The van der Waals surface area contributed by atoms with E-state index >= 15 is 0 Å². The number of ether oxygens (including phenoxy) is 1. The number of aromatic nitrogens is 3. The Hall–Kier alpha value is -2.97. The number of aliphatic hydroxyl groups is 1. The van der Waals surface area contributed by atoms with Gasteiger partial charge < -0.3 is 15.2 Å². The van der Waals surface area contributed by atoms with E-state index in [-0.39, 0.29) is 18.7 Å². The highest BCUT2D eigenvalue weighted by Crippen LogP contribution is 2.24. The van der Waals surface area contributed by atoms with Crippen LogP contribution in [0.1, 0.15) is 37.1 Å². The second kappa shape index (κ2) is 9.23. The van der Waals surface area contributed by atoms with Crippen molar-refractivity contribution in [1.29, 1.82) is 0 Å². The van der Waals surface area contributed by atoms with Crippen molar-refractivity contribution >= 4 is 22.8 Å². The van der Waals surface area contributed by atoms with Gasteiger partial charge in [-0.05, 0) is 37.3 Å². The number of carbonyl (C=O) groups excluding carboxylic acids is 1. The van der Waals surface area contributed by atoms with Crippen LogP contribution >= 0.6 is 0 Å². The van der Waals surface area contributed by atoms with Crippen LogP contribution in [0, 0.1) is 5.92 Å². The molecule has 0 bridgehead atoms. The summed E-state index contributed by atoms with van der Waals surface area (Å²) in [6.07, 6.45) is 3.76. The first-order valence-corrected chi connectivity index (χ1v) is 10.3. The molecule has 2 amide bonds. The molecule has 8 nitrogen and oxygen atoms in total. The second-order valence-corrected chi connectivity index (χ2v) is 7.66. The molecule has 1 aliphatic rings. The first kappa shape index (κ1) is 20.3. The van der Waals surface area contributed by atoms with Crippen molar-refractivity contribution in [3.63, 3.8) is 0 Å². The third kappa shape index (κ3) is 4.60. The number of urea groups is 1. The number of nitrogens with zero attached hydrogens (tertiary/aromatic N) is 3. The standard InChI is InChI=1S/C22H27N5O3/c1-15(17-5-3-2-4-6-17)24-22(29)26-20-11-18-12-23-27(21(18)19(14-28)25-20)13-16-7-9-30-10-8-16/h2-6,11-12,15-16,28H,7-10,13-14H2,1H3,(H2,24,25,26,29). The molecule has 3 heterocycles. The molecular formula is C22H27N5O3. The zero-order valence-corrected chi connectivity index (χ0v) is 17.0. The van der Waals surface area contributed by atoms with Gasteiger partial charge in [-0.2, -0.15) is 5.10 Å². The zero-order chi connectivity index (χ0) is 20.9. The van der Waals surface area contributed by atoms with Gasteiger partial charge in [0.1, 0.15) is 5.82 Å². The summed E-state index contributed by atoms with van der Waals surface area (Å²) in [6, 6.07) is 11.0. The Bertz CT molecular complexity index is 999. The zero-order valence-electron chi connectivity index (χ0n) is 17.0. The number of fused-ring (bicyclic) bond motifs is 1. The Kier molecular flexibility index (Phi) is 6.25. The summed E-state index contributed by atoms with van der Waals surface area (Å²) < 4.78 is 7.34. The fraction of sp³-hybridized carbons (Fsp3) is 0.409. The highest BCUT2D eigenvalue weighted by Gasteiger charge is 2.19. The predicted octanol–water partition coefficient (Wildman–Crippen LogP) is 3.23. The van der Waals surface area contributed by atoms with E-state index in [1.807, 2.05) is 41.9 Å². The van der Waals surface area contributed by atoms with E-state index in [0.29, 0.717) is 17.4 Å². The van der Waals surface area contributed by atoms with Crippen LogP contribution in [0.2, 0.25) is 0 Å².